The first kappa shape index (κ1) is 17.5. The fourth-order valence-corrected chi connectivity index (χ4v) is 2.74. The second-order valence-electron chi connectivity index (χ2n) is 5.77. The molecule has 0 aromatic heterocycles. The van der Waals surface area contributed by atoms with Crippen LogP contribution in [0.4, 0.5) is 0 Å². The third kappa shape index (κ3) is 3.39. The van der Waals surface area contributed by atoms with Gasteiger partial charge < -0.3 is 19.5 Å². The molecule has 0 atom stereocenters. The summed E-state index contributed by atoms with van der Waals surface area (Å²) in [6.45, 7) is 1.99. The molecule has 1 N–H and O–H groups in total. The van der Waals surface area contributed by atoms with Crippen molar-refractivity contribution in [2.75, 3.05) is 21.3 Å². The van der Waals surface area contributed by atoms with Crippen molar-refractivity contribution in [2.24, 2.45) is 4.99 Å². The van der Waals surface area contributed by atoms with Crippen molar-refractivity contribution in [1.29, 1.82) is 0 Å². The van der Waals surface area contributed by atoms with E-state index >= 15 is 0 Å². The molecule has 1 aliphatic heterocycles. The van der Waals surface area contributed by atoms with E-state index in [1.807, 2.05) is 31.2 Å². The summed E-state index contributed by atoms with van der Waals surface area (Å²) in [5.74, 6) is 1.81. The van der Waals surface area contributed by atoms with E-state index in [1.165, 1.54) is 0 Å². The van der Waals surface area contributed by atoms with Crippen LogP contribution in [-0.4, -0.2) is 33.1 Å². The molecule has 0 radical (unpaired) electrons. The van der Waals surface area contributed by atoms with Gasteiger partial charge in [0.1, 0.15) is 11.5 Å². The number of hydrogen-bond acceptors (Lipinski definition) is 5. The van der Waals surface area contributed by atoms with Gasteiger partial charge in [0.05, 0.1) is 21.3 Å². The predicted octanol–water partition coefficient (Wildman–Crippen LogP) is 2.94. The molecule has 26 heavy (non-hydrogen) atoms. The van der Waals surface area contributed by atoms with Gasteiger partial charge in [-0.05, 0) is 36.8 Å². The zero-order valence-electron chi connectivity index (χ0n) is 15.1. The number of nitrogens with zero attached hydrogens (tertiary/aromatic N) is 1. The van der Waals surface area contributed by atoms with E-state index in [0.717, 1.165) is 16.7 Å². The number of amidine groups is 1. The van der Waals surface area contributed by atoms with Gasteiger partial charge in [0, 0.05) is 5.56 Å². The van der Waals surface area contributed by atoms with Gasteiger partial charge in [-0.2, -0.15) is 0 Å². The molecule has 6 nitrogen and oxygen atoms in total. The Balaban J connectivity index is 2.00. The Hall–Kier alpha value is -3.28. The van der Waals surface area contributed by atoms with Crippen molar-refractivity contribution in [3.8, 4) is 17.2 Å². The quantitative estimate of drug-likeness (QED) is 0.840. The zero-order chi connectivity index (χ0) is 18.7. The van der Waals surface area contributed by atoms with E-state index in [0.29, 0.717) is 28.8 Å². The molecule has 0 saturated carbocycles. The largest absolute Gasteiger partial charge is 0.493 e. The number of rotatable bonds is 5. The summed E-state index contributed by atoms with van der Waals surface area (Å²) in [5.41, 5.74) is 3.00. The molecule has 6 heteroatoms. The number of amides is 1. The third-order valence-electron chi connectivity index (χ3n) is 3.98. The van der Waals surface area contributed by atoms with E-state index < -0.39 is 0 Å². The molecule has 1 heterocycles. The SMILES string of the molecule is COc1cc(/C=C2/N=C(c3cccc(C)c3)NC2=O)cc(OC)c1OC. The van der Waals surface area contributed by atoms with Crippen LogP contribution in [0.15, 0.2) is 47.1 Å². The van der Waals surface area contributed by atoms with Crippen molar-refractivity contribution in [1.82, 2.24) is 5.32 Å². The molecule has 0 bridgehead atoms. The highest BCUT2D eigenvalue weighted by atomic mass is 16.5. The highest BCUT2D eigenvalue weighted by Crippen LogP contribution is 2.38. The summed E-state index contributed by atoms with van der Waals surface area (Å²) in [5, 5.41) is 2.80. The number of benzene rings is 2. The van der Waals surface area contributed by atoms with Crippen molar-refractivity contribution < 1.29 is 19.0 Å². The average Bonchev–Trinajstić information content (AvgIpc) is 3.01. The van der Waals surface area contributed by atoms with Gasteiger partial charge in [0.25, 0.3) is 5.91 Å². The van der Waals surface area contributed by atoms with Crippen molar-refractivity contribution in [3.05, 3.63) is 58.8 Å². The lowest BCUT2D eigenvalue weighted by molar-refractivity contribution is -0.115. The van der Waals surface area contributed by atoms with Crippen LogP contribution < -0.4 is 19.5 Å². The number of aliphatic imine (C=N–C) groups is 1. The molecule has 0 aliphatic carbocycles. The molecule has 0 spiro atoms. The number of carbonyl (C=O) groups is 1. The minimum atomic E-state index is -0.254. The van der Waals surface area contributed by atoms with Crippen molar-refractivity contribution >= 4 is 17.8 Å². The van der Waals surface area contributed by atoms with Crippen molar-refractivity contribution in [2.45, 2.75) is 6.92 Å². The van der Waals surface area contributed by atoms with Crippen LogP contribution in [0.1, 0.15) is 16.7 Å². The van der Waals surface area contributed by atoms with Crippen LogP contribution >= 0.6 is 0 Å². The summed E-state index contributed by atoms with van der Waals surface area (Å²) in [6, 6.07) is 11.3. The number of methoxy groups -OCH3 is 3. The molecule has 2 aromatic rings. The Morgan fingerprint density at radius 2 is 1.69 bits per heavy atom. The van der Waals surface area contributed by atoms with Crippen molar-refractivity contribution in [3.63, 3.8) is 0 Å². The van der Waals surface area contributed by atoms with E-state index in [9.17, 15) is 4.79 Å². The summed E-state index contributed by atoms with van der Waals surface area (Å²) in [6.07, 6.45) is 1.68. The first-order chi connectivity index (χ1) is 12.5. The van der Waals surface area contributed by atoms with E-state index in [4.69, 9.17) is 14.2 Å². The maximum atomic E-state index is 12.3. The lowest BCUT2D eigenvalue weighted by Gasteiger charge is -2.12. The van der Waals surface area contributed by atoms with Gasteiger partial charge in [0.2, 0.25) is 5.75 Å². The molecule has 0 saturated heterocycles. The van der Waals surface area contributed by atoms with Gasteiger partial charge in [-0.3, -0.25) is 4.79 Å². The molecule has 3 rings (SSSR count). The minimum Gasteiger partial charge on any atom is -0.493 e. The van der Waals surface area contributed by atoms with Crippen LogP contribution in [0.2, 0.25) is 0 Å². The summed E-state index contributed by atoms with van der Waals surface area (Å²) < 4.78 is 16.0. The Morgan fingerprint density at radius 3 is 2.27 bits per heavy atom. The van der Waals surface area contributed by atoms with E-state index in [-0.39, 0.29) is 5.91 Å². The molecule has 0 unspecified atom stereocenters. The lowest BCUT2D eigenvalue weighted by Crippen LogP contribution is -2.24. The molecule has 1 amide bonds. The fraction of sp³-hybridized carbons (Fsp3) is 0.200. The van der Waals surface area contributed by atoms with Crippen LogP contribution in [0.5, 0.6) is 17.2 Å². The highest BCUT2D eigenvalue weighted by molar-refractivity contribution is 6.19. The predicted molar refractivity (Wildman–Crippen MR) is 99.9 cm³/mol. The number of nitrogens with one attached hydrogen (secondary N) is 1. The van der Waals surface area contributed by atoms with Gasteiger partial charge >= 0.3 is 0 Å². The van der Waals surface area contributed by atoms with Gasteiger partial charge in [-0.25, -0.2) is 4.99 Å². The van der Waals surface area contributed by atoms with E-state index in [1.54, 1.807) is 39.5 Å². The fourth-order valence-electron chi connectivity index (χ4n) is 2.74. The summed E-state index contributed by atoms with van der Waals surface area (Å²) in [4.78, 5) is 16.7. The number of aryl methyl sites for hydroxylation is 1. The lowest BCUT2D eigenvalue weighted by atomic mass is 10.1. The molecule has 0 fully saturated rings. The normalized spacial score (nSPS) is 14.8. The number of ether oxygens (including phenoxy) is 3. The summed E-state index contributed by atoms with van der Waals surface area (Å²) >= 11 is 0. The number of hydrogen-bond donors (Lipinski definition) is 1. The first-order valence-corrected chi connectivity index (χ1v) is 8.04. The van der Waals surface area contributed by atoms with Gasteiger partial charge in [-0.15, -0.1) is 0 Å². The maximum absolute atomic E-state index is 12.3. The number of carbonyl (C=O) groups excluding carboxylic acids is 1. The Morgan fingerprint density at radius 1 is 1.00 bits per heavy atom. The topological polar surface area (TPSA) is 69.2 Å². The molecular formula is C20H20N2O4. The Bertz CT molecular complexity index is 891. The molecule has 2 aromatic carbocycles. The Kier molecular flexibility index (Phi) is 4.93. The van der Waals surface area contributed by atoms with Gasteiger partial charge in [-0.1, -0.05) is 23.8 Å². The average molecular weight is 352 g/mol. The molecule has 1 aliphatic rings. The minimum absolute atomic E-state index is 0.254. The Labute approximate surface area is 152 Å². The van der Waals surface area contributed by atoms with Crippen LogP contribution in [0.25, 0.3) is 6.08 Å². The third-order valence-corrected chi connectivity index (χ3v) is 3.98. The van der Waals surface area contributed by atoms with E-state index in [2.05, 4.69) is 10.3 Å². The van der Waals surface area contributed by atoms with Crippen LogP contribution in [-0.2, 0) is 4.79 Å². The highest BCUT2D eigenvalue weighted by Gasteiger charge is 2.22. The second-order valence-corrected chi connectivity index (χ2v) is 5.77. The molecule has 134 valence electrons. The maximum Gasteiger partial charge on any atom is 0.275 e. The van der Waals surface area contributed by atoms with Crippen LogP contribution in [0, 0.1) is 6.92 Å². The zero-order valence-corrected chi connectivity index (χ0v) is 15.1. The van der Waals surface area contributed by atoms with Crippen LogP contribution in [0.3, 0.4) is 0 Å². The first-order valence-electron chi connectivity index (χ1n) is 8.04. The summed E-state index contributed by atoms with van der Waals surface area (Å²) in [7, 11) is 4.64. The second kappa shape index (κ2) is 7.31. The molecular weight excluding hydrogens is 332 g/mol. The monoisotopic (exact) mass is 352 g/mol. The smallest absolute Gasteiger partial charge is 0.275 e. The van der Waals surface area contributed by atoms with Gasteiger partial charge in [0.15, 0.2) is 11.5 Å². The standard InChI is InChI=1S/C20H20N2O4/c1-12-6-5-7-14(8-12)19-21-15(20(23)22-19)9-13-10-16(24-2)18(26-4)17(11-13)25-3/h5-11H,1-4H3,(H,21,22,23)/b15-9+.